The van der Waals surface area contributed by atoms with E-state index in [1.165, 1.54) is 6.07 Å². The number of amides is 1. The molecule has 0 spiro atoms. The van der Waals surface area contributed by atoms with Crippen LogP contribution < -0.4 is 4.74 Å². The molecule has 1 amide bonds. The number of ether oxygens (including phenoxy) is 1. The van der Waals surface area contributed by atoms with E-state index in [2.05, 4.69) is 4.98 Å². The van der Waals surface area contributed by atoms with E-state index in [1.807, 2.05) is 42.5 Å². The summed E-state index contributed by atoms with van der Waals surface area (Å²) in [5.74, 6) is -0.704. The van der Waals surface area contributed by atoms with E-state index in [0.717, 1.165) is 22.9 Å². The Bertz CT molecular complexity index is 964. The Labute approximate surface area is 156 Å². The maximum absolute atomic E-state index is 13.1. The second-order valence-electron chi connectivity index (χ2n) is 6.38. The van der Waals surface area contributed by atoms with Crippen molar-refractivity contribution in [2.45, 2.75) is 19.7 Å². The van der Waals surface area contributed by atoms with Crippen LogP contribution in [-0.2, 0) is 19.7 Å². The summed E-state index contributed by atoms with van der Waals surface area (Å²) in [5, 5.41) is 20.1. The van der Waals surface area contributed by atoms with E-state index < -0.39 is 0 Å². The number of pyridine rings is 1. The molecule has 27 heavy (non-hydrogen) atoms. The average Bonchev–Trinajstić information content (AvgIpc) is 3.10. The molecule has 0 saturated heterocycles. The molecule has 0 unspecified atom stereocenters. The minimum atomic E-state index is -0.367. The molecule has 2 heterocycles. The quantitative estimate of drug-likeness (QED) is 0.745. The number of carbonyl (C=O) groups excluding carboxylic acids is 1. The normalized spacial score (nSPS) is 12.7. The van der Waals surface area contributed by atoms with Crippen molar-refractivity contribution < 1.29 is 19.7 Å². The second-order valence-corrected chi connectivity index (χ2v) is 6.38. The van der Waals surface area contributed by atoms with E-state index in [0.29, 0.717) is 13.1 Å². The first-order valence-electron chi connectivity index (χ1n) is 8.56. The molecule has 3 aromatic rings. The van der Waals surface area contributed by atoms with Crippen molar-refractivity contribution in [2.24, 2.45) is 0 Å². The topological polar surface area (TPSA) is 82.9 Å². The fourth-order valence-electron chi connectivity index (χ4n) is 3.15. The minimum Gasteiger partial charge on any atom is -0.508 e. The van der Waals surface area contributed by atoms with Gasteiger partial charge in [0.15, 0.2) is 0 Å². The number of hydrogen-bond acceptors (Lipinski definition) is 5. The summed E-state index contributed by atoms with van der Waals surface area (Å²) in [4.78, 5) is 18.9. The molecule has 0 saturated carbocycles. The number of aromatic hydroxyl groups is 2. The standard InChI is InChI=1S/C21H18N2O4/c24-16-9-18(25)20(19(10-16)27-13-14-5-2-1-3-6-14)21(26)23-11-15-7-4-8-22-17(15)12-23/h1-10,24-25H,11-13H2. The van der Waals surface area contributed by atoms with Crippen molar-refractivity contribution in [2.75, 3.05) is 0 Å². The Morgan fingerprint density at radius 1 is 1.07 bits per heavy atom. The molecule has 2 aromatic carbocycles. The predicted molar refractivity (Wildman–Crippen MR) is 98.4 cm³/mol. The molecule has 136 valence electrons. The van der Waals surface area contributed by atoms with Crippen molar-refractivity contribution >= 4 is 5.91 Å². The summed E-state index contributed by atoms with van der Waals surface area (Å²) < 4.78 is 5.76. The van der Waals surface area contributed by atoms with Crippen molar-refractivity contribution in [1.29, 1.82) is 0 Å². The van der Waals surface area contributed by atoms with E-state index in [9.17, 15) is 15.0 Å². The number of carbonyl (C=O) groups is 1. The number of fused-ring (bicyclic) bond motifs is 1. The van der Waals surface area contributed by atoms with Crippen LogP contribution in [0.5, 0.6) is 17.2 Å². The summed E-state index contributed by atoms with van der Waals surface area (Å²) in [5.41, 5.74) is 2.78. The van der Waals surface area contributed by atoms with E-state index in [-0.39, 0.29) is 35.3 Å². The Morgan fingerprint density at radius 2 is 1.89 bits per heavy atom. The van der Waals surface area contributed by atoms with Crippen molar-refractivity contribution in [3.05, 3.63) is 83.2 Å². The van der Waals surface area contributed by atoms with E-state index in [4.69, 9.17) is 4.74 Å². The third kappa shape index (κ3) is 3.42. The molecule has 1 aromatic heterocycles. The average molecular weight is 362 g/mol. The second kappa shape index (κ2) is 6.99. The van der Waals surface area contributed by atoms with Crippen LogP contribution in [0, 0.1) is 0 Å². The summed E-state index contributed by atoms with van der Waals surface area (Å²) in [6.07, 6.45) is 1.69. The summed E-state index contributed by atoms with van der Waals surface area (Å²) >= 11 is 0. The molecule has 0 fully saturated rings. The molecule has 1 aliphatic rings. The number of phenols is 2. The van der Waals surface area contributed by atoms with Crippen molar-refractivity contribution in [3.63, 3.8) is 0 Å². The van der Waals surface area contributed by atoms with E-state index in [1.54, 1.807) is 11.1 Å². The third-order valence-corrected chi connectivity index (χ3v) is 4.49. The molecule has 0 aliphatic carbocycles. The Morgan fingerprint density at radius 3 is 2.67 bits per heavy atom. The highest BCUT2D eigenvalue weighted by Gasteiger charge is 2.29. The highest BCUT2D eigenvalue weighted by molar-refractivity contribution is 6.00. The van der Waals surface area contributed by atoms with Crippen molar-refractivity contribution in [1.82, 2.24) is 9.88 Å². The number of rotatable bonds is 4. The van der Waals surface area contributed by atoms with Gasteiger partial charge in [-0.1, -0.05) is 36.4 Å². The number of nitrogens with zero attached hydrogens (tertiary/aromatic N) is 2. The zero-order valence-corrected chi connectivity index (χ0v) is 14.5. The number of aromatic nitrogens is 1. The molecule has 1 aliphatic heterocycles. The number of hydrogen-bond donors (Lipinski definition) is 2. The fraction of sp³-hybridized carbons (Fsp3) is 0.143. The van der Waals surface area contributed by atoms with Gasteiger partial charge in [0, 0.05) is 24.9 Å². The number of benzene rings is 2. The SMILES string of the molecule is O=C(c1c(O)cc(O)cc1OCc1ccccc1)N1Cc2cccnc2C1. The lowest BCUT2D eigenvalue weighted by Gasteiger charge is -2.19. The highest BCUT2D eigenvalue weighted by atomic mass is 16.5. The largest absolute Gasteiger partial charge is 0.508 e. The van der Waals surface area contributed by atoms with Gasteiger partial charge in [0.2, 0.25) is 0 Å². The molecule has 6 nitrogen and oxygen atoms in total. The first kappa shape index (κ1) is 16.9. The van der Waals surface area contributed by atoms with Gasteiger partial charge in [0.1, 0.15) is 29.4 Å². The van der Waals surface area contributed by atoms with Gasteiger partial charge < -0.3 is 19.8 Å². The fourth-order valence-corrected chi connectivity index (χ4v) is 3.15. The van der Waals surface area contributed by atoms with Crippen LogP contribution in [0.1, 0.15) is 27.2 Å². The predicted octanol–water partition coefficient (Wildman–Crippen LogP) is 3.23. The smallest absolute Gasteiger partial charge is 0.262 e. The van der Waals surface area contributed by atoms with Crippen LogP contribution in [0.2, 0.25) is 0 Å². The van der Waals surface area contributed by atoms with Gasteiger partial charge in [-0.25, -0.2) is 0 Å². The third-order valence-electron chi connectivity index (χ3n) is 4.49. The Balaban J connectivity index is 1.61. The van der Waals surface area contributed by atoms with Crippen LogP contribution in [-0.4, -0.2) is 26.0 Å². The molecule has 0 radical (unpaired) electrons. The van der Waals surface area contributed by atoms with Gasteiger partial charge in [-0.05, 0) is 17.2 Å². The molecular formula is C21H18N2O4. The van der Waals surface area contributed by atoms with Crippen LogP contribution in [0.15, 0.2) is 60.8 Å². The monoisotopic (exact) mass is 362 g/mol. The van der Waals surface area contributed by atoms with E-state index >= 15 is 0 Å². The van der Waals surface area contributed by atoms with Crippen LogP contribution in [0.25, 0.3) is 0 Å². The molecule has 2 N–H and O–H groups in total. The molecule has 0 bridgehead atoms. The maximum Gasteiger partial charge on any atom is 0.262 e. The summed E-state index contributed by atoms with van der Waals surface area (Å²) in [7, 11) is 0. The maximum atomic E-state index is 13.1. The van der Waals surface area contributed by atoms with Crippen molar-refractivity contribution in [3.8, 4) is 17.2 Å². The minimum absolute atomic E-state index is 0.0385. The Hall–Kier alpha value is -3.54. The lowest BCUT2D eigenvalue weighted by Crippen LogP contribution is -2.26. The zero-order valence-electron chi connectivity index (χ0n) is 14.5. The Kier molecular flexibility index (Phi) is 4.38. The van der Waals surface area contributed by atoms with Crippen LogP contribution in [0.4, 0.5) is 0 Å². The van der Waals surface area contributed by atoms with Crippen LogP contribution >= 0.6 is 0 Å². The highest BCUT2D eigenvalue weighted by Crippen LogP contribution is 2.36. The molecule has 0 atom stereocenters. The van der Waals surface area contributed by atoms with Gasteiger partial charge in [0.05, 0.1) is 12.2 Å². The lowest BCUT2D eigenvalue weighted by atomic mass is 10.1. The van der Waals surface area contributed by atoms with Gasteiger partial charge in [0.25, 0.3) is 5.91 Å². The van der Waals surface area contributed by atoms with Gasteiger partial charge in [-0.3, -0.25) is 9.78 Å². The first-order chi connectivity index (χ1) is 13.1. The van der Waals surface area contributed by atoms with Gasteiger partial charge in [-0.2, -0.15) is 0 Å². The van der Waals surface area contributed by atoms with Crippen LogP contribution in [0.3, 0.4) is 0 Å². The molecule has 4 rings (SSSR count). The number of phenolic OH excluding ortho intramolecular Hbond substituents is 2. The van der Waals surface area contributed by atoms with Gasteiger partial charge >= 0.3 is 0 Å². The summed E-state index contributed by atoms with van der Waals surface area (Å²) in [6.45, 7) is 1.000. The first-order valence-corrected chi connectivity index (χ1v) is 8.56. The lowest BCUT2D eigenvalue weighted by molar-refractivity contribution is 0.0742. The molecule has 6 heteroatoms. The summed E-state index contributed by atoms with van der Waals surface area (Å²) in [6, 6.07) is 15.7. The van der Waals surface area contributed by atoms with Gasteiger partial charge in [-0.15, -0.1) is 0 Å². The zero-order chi connectivity index (χ0) is 18.8. The molecular weight excluding hydrogens is 344 g/mol.